The van der Waals surface area contributed by atoms with E-state index < -0.39 is 0 Å². The summed E-state index contributed by atoms with van der Waals surface area (Å²) in [6, 6.07) is 7.19. The molecule has 0 aromatic heterocycles. The highest BCUT2D eigenvalue weighted by Crippen LogP contribution is 2.18. The molecule has 0 N–H and O–H groups in total. The maximum Gasteiger partial charge on any atom is 0.164 e. The minimum absolute atomic E-state index is 0.210. The van der Waals surface area contributed by atoms with Crippen LogP contribution >= 0.6 is 11.6 Å². The summed E-state index contributed by atoms with van der Waals surface area (Å²) in [5.41, 5.74) is 0.766. The van der Waals surface area contributed by atoms with Crippen LogP contribution in [0.4, 0.5) is 0 Å². The van der Waals surface area contributed by atoms with Gasteiger partial charge in [-0.05, 0) is 70.2 Å². The Balaban J connectivity index is 1.72. The van der Waals surface area contributed by atoms with Crippen molar-refractivity contribution in [2.45, 2.75) is 19.3 Å². The molecule has 0 atom stereocenters. The zero-order valence-electron chi connectivity index (χ0n) is 13.0. The fourth-order valence-corrected chi connectivity index (χ4v) is 3.07. The van der Waals surface area contributed by atoms with Crippen molar-refractivity contribution in [3.05, 3.63) is 34.9 Å². The molecule has 0 unspecified atom stereocenters. The Morgan fingerprint density at radius 1 is 1.24 bits per heavy atom. The molecule has 1 aliphatic rings. The van der Waals surface area contributed by atoms with Crippen LogP contribution in [0.15, 0.2) is 24.3 Å². The second kappa shape index (κ2) is 7.92. The summed E-state index contributed by atoms with van der Waals surface area (Å²) in [5, 5.41) is 0.675. The molecule has 0 aliphatic carbocycles. The smallest absolute Gasteiger partial charge is 0.164 e. The predicted molar refractivity (Wildman–Crippen MR) is 88.1 cm³/mol. The molecule has 3 nitrogen and oxygen atoms in total. The van der Waals surface area contributed by atoms with Gasteiger partial charge in [-0.1, -0.05) is 11.6 Å². The summed E-state index contributed by atoms with van der Waals surface area (Å²) in [4.78, 5) is 16.8. The average molecular weight is 309 g/mol. The molecule has 1 saturated heterocycles. The number of nitrogens with zero attached hydrogens (tertiary/aromatic N) is 2. The van der Waals surface area contributed by atoms with Gasteiger partial charge in [-0.3, -0.25) is 4.79 Å². The molecule has 1 heterocycles. The zero-order valence-corrected chi connectivity index (χ0v) is 13.8. The minimum Gasteiger partial charge on any atom is -0.309 e. The Morgan fingerprint density at radius 2 is 1.86 bits per heavy atom. The van der Waals surface area contributed by atoms with E-state index in [-0.39, 0.29) is 5.78 Å². The topological polar surface area (TPSA) is 23.6 Å². The fraction of sp³-hybridized carbons (Fsp3) is 0.588. The largest absolute Gasteiger partial charge is 0.309 e. The summed E-state index contributed by atoms with van der Waals surface area (Å²) in [7, 11) is 4.27. The molecule has 0 radical (unpaired) electrons. The molecule has 0 saturated carbocycles. The average Bonchev–Trinajstić information content (AvgIpc) is 2.46. The van der Waals surface area contributed by atoms with Gasteiger partial charge < -0.3 is 9.80 Å². The Kier molecular flexibility index (Phi) is 6.22. The van der Waals surface area contributed by atoms with E-state index in [0.717, 1.165) is 31.1 Å². The molecular weight excluding hydrogens is 284 g/mol. The lowest BCUT2D eigenvalue weighted by Crippen LogP contribution is -2.38. The van der Waals surface area contributed by atoms with Crippen LogP contribution in [-0.2, 0) is 0 Å². The molecule has 2 rings (SSSR count). The summed E-state index contributed by atoms with van der Waals surface area (Å²) in [6.45, 7) is 4.28. The first-order valence-corrected chi connectivity index (χ1v) is 8.08. The molecule has 1 fully saturated rings. The maximum atomic E-state index is 12.1. The number of carbonyl (C=O) groups is 1. The van der Waals surface area contributed by atoms with Crippen LogP contribution in [0, 0.1) is 5.92 Å². The molecule has 1 aromatic carbocycles. The monoisotopic (exact) mass is 308 g/mol. The van der Waals surface area contributed by atoms with E-state index in [9.17, 15) is 4.79 Å². The number of halogens is 1. The van der Waals surface area contributed by atoms with Crippen LogP contribution in [0.5, 0.6) is 0 Å². The van der Waals surface area contributed by atoms with Crippen LogP contribution < -0.4 is 0 Å². The molecule has 21 heavy (non-hydrogen) atoms. The number of likely N-dealkylation sites (tertiary alicyclic amines) is 1. The highest BCUT2D eigenvalue weighted by molar-refractivity contribution is 6.30. The van der Waals surface area contributed by atoms with Crippen molar-refractivity contribution in [3.8, 4) is 0 Å². The van der Waals surface area contributed by atoms with Crippen LogP contribution in [0.2, 0.25) is 5.02 Å². The van der Waals surface area contributed by atoms with Crippen LogP contribution in [0.25, 0.3) is 0 Å². The third-order valence-corrected chi connectivity index (χ3v) is 4.40. The van der Waals surface area contributed by atoms with Crippen molar-refractivity contribution in [2.75, 3.05) is 40.3 Å². The molecule has 0 spiro atoms. The van der Waals surface area contributed by atoms with Gasteiger partial charge in [0, 0.05) is 30.1 Å². The van der Waals surface area contributed by atoms with Crippen LogP contribution in [-0.4, -0.2) is 55.9 Å². The van der Waals surface area contributed by atoms with Gasteiger partial charge in [-0.25, -0.2) is 0 Å². The quantitative estimate of drug-likeness (QED) is 0.754. The number of piperidine rings is 1. The number of hydrogen-bond acceptors (Lipinski definition) is 3. The van der Waals surface area contributed by atoms with E-state index in [0.29, 0.717) is 11.4 Å². The van der Waals surface area contributed by atoms with Gasteiger partial charge in [0.15, 0.2) is 5.78 Å². The first-order valence-electron chi connectivity index (χ1n) is 7.70. The lowest BCUT2D eigenvalue weighted by Gasteiger charge is -2.33. The fourth-order valence-electron chi connectivity index (χ4n) is 2.95. The first-order chi connectivity index (χ1) is 10.0. The number of rotatable bonds is 6. The van der Waals surface area contributed by atoms with Crippen molar-refractivity contribution < 1.29 is 4.79 Å². The molecule has 0 amide bonds. The standard InChI is InChI=1S/C17H25ClN2O/c1-19(2)13-14-7-10-20(11-8-14)12-9-17(21)15-3-5-16(18)6-4-15/h3-6,14H,7-13H2,1-2H3. The van der Waals surface area contributed by atoms with Gasteiger partial charge in [0.2, 0.25) is 0 Å². The summed E-state index contributed by atoms with van der Waals surface area (Å²) in [6.07, 6.45) is 3.08. The van der Waals surface area contributed by atoms with E-state index in [1.54, 1.807) is 12.1 Å². The van der Waals surface area contributed by atoms with Crippen molar-refractivity contribution >= 4 is 17.4 Å². The lowest BCUT2D eigenvalue weighted by molar-refractivity contribution is 0.0947. The Morgan fingerprint density at radius 3 is 2.43 bits per heavy atom. The molecular formula is C17H25ClN2O. The Bertz CT molecular complexity index is 450. The van der Waals surface area contributed by atoms with Crippen LogP contribution in [0.1, 0.15) is 29.6 Å². The highest BCUT2D eigenvalue weighted by Gasteiger charge is 2.20. The number of ketones is 1. The summed E-state index contributed by atoms with van der Waals surface area (Å²) < 4.78 is 0. The van der Waals surface area contributed by atoms with E-state index in [1.165, 1.54) is 19.4 Å². The van der Waals surface area contributed by atoms with E-state index in [1.807, 2.05) is 12.1 Å². The second-order valence-electron chi connectivity index (χ2n) is 6.23. The minimum atomic E-state index is 0.210. The van der Waals surface area contributed by atoms with E-state index >= 15 is 0 Å². The number of hydrogen-bond donors (Lipinski definition) is 0. The van der Waals surface area contributed by atoms with Gasteiger partial charge in [-0.15, -0.1) is 0 Å². The van der Waals surface area contributed by atoms with Gasteiger partial charge in [-0.2, -0.15) is 0 Å². The normalized spacial score (nSPS) is 17.3. The molecule has 4 heteroatoms. The summed E-state index contributed by atoms with van der Waals surface area (Å²) >= 11 is 5.84. The second-order valence-corrected chi connectivity index (χ2v) is 6.66. The molecule has 1 aromatic rings. The van der Waals surface area contributed by atoms with Crippen LogP contribution in [0.3, 0.4) is 0 Å². The van der Waals surface area contributed by atoms with Gasteiger partial charge in [0.1, 0.15) is 0 Å². The number of benzene rings is 1. The predicted octanol–water partition coefficient (Wildman–Crippen LogP) is 3.19. The van der Waals surface area contributed by atoms with Crippen molar-refractivity contribution in [2.24, 2.45) is 5.92 Å². The first kappa shape index (κ1) is 16.5. The summed E-state index contributed by atoms with van der Waals surface area (Å²) in [5.74, 6) is 1.02. The van der Waals surface area contributed by atoms with Crippen molar-refractivity contribution in [3.63, 3.8) is 0 Å². The lowest BCUT2D eigenvalue weighted by atomic mass is 9.96. The molecule has 0 bridgehead atoms. The number of carbonyl (C=O) groups excluding carboxylic acids is 1. The SMILES string of the molecule is CN(C)CC1CCN(CCC(=O)c2ccc(Cl)cc2)CC1. The van der Waals surface area contributed by atoms with Gasteiger partial charge >= 0.3 is 0 Å². The number of Topliss-reactive ketones (excluding diaryl/α,β-unsaturated/α-hetero) is 1. The third-order valence-electron chi connectivity index (χ3n) is 4.15. The van der Waals surface area contributed by atoms with Crippen molar-refractivity contribution in [1.29, 1.82) is 0 Å². The van der Waals surface area contributed by atoms with Gasteiger partial charge in [0.05, 0.1) is 0 Å². The third kappa shape index (κ3) is 5.42. The van der Waals surface area contributed by atoms with E-state index in [2.05, 4.69) is 23.9 Å². The van der Waals surface area contributed by atoms with E-state index in [4.69, 9.17) is 11.6 Å². The van der Waals surface area contributed by atoms with Crippen molar-refractivity contribution in [1.82, 2.24) is 9.80 Å². The van der Waals surface area contributed by atoms with Gasteiger partial charge in [0.25, 0.3) is 0 Å². The maximum absolute atomic E-state index is 12.1. The highest BCUT2D eigenvalue weighted by atomic mass is 35.5. The Hall–Kier alpha value is -0.900. The molecule has 116 valence electrons. The zero-order chi connectivity index (χ0) is 15.2. The molecule has 1 aliphatic heterocycles. The Labute approximate surface area is 132 Å².